The van der Waals surface area contributed by atoms with Gasteiger partial charge in [0.2, 0.25) is 5.91 Å². The highest BCUT2D eigenvalue weighted by Crippen LogP contribution is 2.14. The van der Waals surface area contributed by atoms with Gasteiger partial charge in [0.05, 0.1) is 11.8 Å². The Morgan fingerprint density at radius 3 is 2.28 bits per heavy atom. The maximum atomic E-state index is 12.1. The molecule has 0 radical (unpaired) electrons. The van der Waals surface area contributed by atoms with E-state index in [2.05, 4.69) is 17.5 Å². The van der Waals surface area contributed by atoms with Crippen LogP contribution in [0.4, 0.5) is 0 Å². The Morgan fingerprint density at radius 2 is 1.59 bits per heavy atom. The summed E-state index contributed by atoms with van der Waals surface area (Å²) in [4.78, 5) is 23.9. The van der Waals surface area contributed by atoms with Crippen molar-refractivity contribution in [2.45, 2.75) is 58.8 Å². The summed E-state index contributed by atoms with van der Waals surface area (Å²) in [6.45, 7) is 4.16. The molecular weight excluding hydrogens is 364 g/mol. The molecule has 0 saturated heterocycles. The summed E-state index contributed by atoms with van der Waals surface area (Å²) in [5, 5.41) is 3.98. The van der Waals surface area contributed by atoms with Crippen molar-refractivity contribution in [3.8, 4) is 5.75 Å². The monoisotopic (exact) mass is 394 g/mol. The van der Waals surface area contributed by atoms with E-state index in [1.54, 1.807) is 42.6 Å². The van der Waals surface area contributed by atoms with Gasteiger partial charge in [0, 0.05) is 6.42 Å². The van der Waals surface area contributed by atoms with Crippen molar-refractivity contribution in [3.63, 3.8) is 0 Å². The number of amides is 1. The van der Waals surface area contributed by atoms with Gasteiger partial charge in [0.25, 0.3) is 0 Å². The van der Waals surface area contributed by atoms with Gasteiger partial charge < -0.3 is 4.74 Å². The van der Waals surface area contributed by atoms with Crippen molar-refractivity contribution in [2.24, 2.45) is 5.10 Å². The van der Waals surface area contributed by atoms with Crippen LogP contribution in [0.3, 0.4) is 0 Å². The smallest absolute Gasteiger partial charge is 0.343 e. The molecule has 5 heteroatoms. The first-order valence-electron chi connectivity index (χ1n) is 10.3. The summed E-state index contributed by atoms with van der Waals surface area (Å²) in [6, 6.07) is 14.2. The van der Waals surface area contributed by atoms with Gasteiger partial charge in [-0.05, 0) is 55.3 Å². The molecule has 2 rings (SSSR count). The van der Waals surface area contributed by atoms with Crippen LogP contribution in [-0.2, 0) is 4.79 Å². The summed E-state index contributed by atoms with van der Waals surface area (Å²) < 4.78 is 5.36. The van der Waals surface area contributed by atoms with E-state index < -0.39 is 5.97 Å². The summed E-state index contributed by atoms with van der Waals surface area (Å²) >= 11 is 0. The maximum absolute atomic E-state index is 12.1. The number of carbonyl (C=O) groups is 2. The first-order valence-corrected chi connectivity index (χ1v) is 10.3. The molecule has 0 aromatic heterocycles. The number of esters is 1. The maximum Gasteiger partial charge on any atom is 0.343 e. The van der Waals surface area contributed by atoms with Gasteiger partial charge in [0.1, 0.15) is 5.75 Å². The SMILES string of the molecule is CCCCCCCCC(=O)N/N=C/c1ccc(OC(=O)c2ccc(C)cc2)cc1. The van der Waals surface area contributed by atoms with E-state index in [4.69, 9.17) is 4.74 Å². The molecule has 0 bridgehead atoms. The van der Waals surface area contributed by atoms with E-state index >= 15 is 0 Å². The van der Waals surface area contributed by atoms with Gasteiger partial charge in [-0.1, -0.05) is 56.7 Å². The van der Waals surface area contributed by atoms with Gasteiger partial charge in [-0.2, -0.15) is 5.10 Å². The van der Waals surface area contributed by atoms with Gasteiger partial charge in [-0.3, -0.25) is 4.79 Å². The van der Waals surface area contributed by atoms with Gasteiger partial charge in [0.15, 0.2) is 0 Å². The Hall–Kier alpha value is -2.95. The summed E-state index contributed by atoms with van der Waals surface area (Å²) in [5.74, 6) is -0.00593. The number of benzene rings is 2. The number of nitrogens with one attached hydrogen (secondary N) is 1. The molecule has 0 fully saturated rings. The van der Waals surface area contributed by atoms with Crippen LogP contribution < -0.4 is 10.2 Å². The molecule has 5 nitrogen and oxygen atoms in total. The van der Waals surface area contributed by atoms with Crippen LogP contribution in [0, 0.1) is 6.92 Å². The number of unbranched alkanes of at least 4 members (excludes halogenated alkanes) is 5. The summed E-state index contributed by atoms with van der Waals surface area (Å²) in [6.07, 6.45) is 8.97. The minimum Gasteiger partial charge on any atom is -0.423 e. The van der Waals surface area contributed by atoms with Crippen LogP contribution in [0.1, 0.15) is 73.4 Å². The van der Waals surface area contributed by atoms with E-state index in [1.165, 1.54) is 25.7 Å². The fraction of sp³-hybridized carbons (Fsp3) is 0.375. The van der Waals surface area contributed by atoms with E-state index in [0.29, 0.717) is 17.7 Å². The average Bonchev–Trinajstić information content (AvgIpc) is 2.72. The Balaban J connectivity index is 1.72. The highest BCUT2D eigenvalue weighted by atomic mass is 16.5. The van der Waals surface area contributed by atoms with Crippen molar-refractivity contribution >= 4 is 18.1 Å². The number of nitrogens with zero attached hydrogens (tertiary/aromatic N) is 1. The number of hydrogen-bond acceptors (Lipinski definition) is 4. The summed E-state index contributed by atoms with van der Waals surface area (Å²) in [7, 11) is 0. The van der Waals surface area contributed by atoms with Crippen LogP contribution in [0.15, 0.2) is 53.6 Å². The standard InChI is InChI=1S/C24H30N2O3/c1-3-4-5-6-7-8-9-23(27)26-25-18-20-12-16-22(17-13-20)29-24(28)21-14-10-19(2)11-15-21/h10-18H,3-9H2,1-2H3,(H,26,27)/b25-18+. The second kappa shape index (κ2) is 12.5. The number of hydrazone groups is 1. The summed E-state index contributed by atoms with van der Waals surface area (Å²) in [5.41, 5.74) is 4.95. The molecule has 29 heavy (non-hydrogen) atoms. The molecular formula is C24H30N2O3. The molecule has 0 aliphatic rings. The molecule has 0 atom stereocenters. The third-order valence-corrected chi connectivity index (χ3v) is 4.54. The van der Waals surface area contributed by atoms with Crippen LogP contribution in [0.25, 0.3) is 0 Å². The number of rotatable bonds is 11. The topological polar surface area (TPSA) is 67.8 Å². The number of carbonyl (C=O) groups excluding carboxylic acids is 2. The van der Waals surface area contributed by atoms with Crippen molar-refractivity contribution in [3.05, 3.63) is 65.2 Å². The lowest BCUT2D eigenvalue weighted by Crippen LogP contribution is -2.16. The largest absolute Gasteiger partial charge is 0.423 e. The molecule has 2 aromatic carbocycles. The second-order valence-corrected chi connectivity index (χ2v) is 7.14. The minimum absolute atomic E-state index is 0.0691. The van der Waals surface area contributed by atoms with Crippen LogP contribution >= 0.6 is 0 Å². The molecule has 2 aromatic rings. The lowest BCUT2D eigenvalue weighted by Gasteiger charge is -2.05. The van der Waals surface area contributed by atoms with Crippen molar-refractivity contribution in [2.75, 3.05) is 0 Å². The molecule has 0 aliphatic heterocycles. The Labute approximate surface area is 173 Å². The lowest BCUT2D eigenvalue weighted by molar-refractivity contribution is -0.121. The fourth-order valence-corrected chi connectivity index (χ4v) is 2.78. The third kappa shape index (κ3) is 8.73. The predicted molar refractivity (Wildman–Crippen MR) is 116 cm³/mol. The van der Waals surface area contributed by atoms with Crippen LogP contribution in [-0.4, -0.2) is 18.1 Å². The molecule has 0 unspecified atom stereocenters. The molecule has 0 saturated carbocycles. The molecule has 0 aliphatic carbocycles. The van der Waals surface area contributed by atoms with Gasteiger partial charge in [-0.25, -0.2) is 10.2 Å². The zero-order chi connectivity index (χ0) is 20.9. The van der Waals surface area contributed by atoms with Gasteiger partial charge in [-0.15, -0.1) is 0 Å². The molecule has 0 spiro atoms. The first kappa shape index (κ1) is 22.3. The fourth-order valence-electron chi connectivity index (χ4n) is 2.78. The number of aryl methyl sites for hydroxylation is 1. The van der Waals surface area contributed by atoms with Crippen molar-refractivity contribution in [1.29, 1.82) is 0 Å². The molecule has 1 N–H and O–H groups in total. The minimum atomic E-state index is -0.395. The van der Waals surface area contributed by atoms with Crippen molar-refractivity contribution < 1.29 is 14.3 Å². The zero-order valence-corrected chi connectivity index (χ0v) is 17.3. The van der Waals surface area contributed by atoms with Crippen LogP contribution in [0.2, 0.25) is 0 Å². The first-order chi connectivity index (χ1) is 14.1. The Kier molecular flexibility index (Phi) is 9.63. The van der Waals surface area contributed by atoms with Crippen molar-refractivity contribution in [1.82, 2.24) is 5.43 Å². The van der Waals surface area contributed by atoms with E-state index in [1.807, 2.05) is 19.1 Å². The quantitative estimate of drug-likeness (QED) is 0.182. The molecule has 0 heterocycles. The van der Waals surface area contributed by atoms with Crippen LogP contribution in [0.5, 0.6) is 5.75 Å². The van der Waals surface area contributed by atoms with E-state index in [9.17, 15) is 9.59 Å². The normalized spacial score (nSPS) is 10.8. The Morgan fingerprint density at radius 1 is 0.931 bits per heavy atom. The molecule has 154 valence electrons. The van der Waals surface area contributed by atoms with E-state index in [-0.39, 0.29) is 5.91 Å². The highest BCUT2D eigenvalue weighted by Gasteiger charge is 2.08. The third-order valence-electron chi connectivity index (χ3n) is 4.54. The predicted octanol–water partition coefficient (Wildman–Crippen LogP) is 5.41. The molecule has 1 amide bonds. The zero-order valence-electron chi connectivity index (χ0n) is 17.3. The lowest BCUT2D eigenvalue weighted by atomic mass is 10.1. The average molecular weight is 395 g/mol. The Bertz CT molecular complexity index is 796. The van der Waals surface area contributed by atoms with E-state index in [0.717, 1.165) is 24.0 Å². The second-order valence-electron chi connectivity index (χ2n) is 7.14. The highest BCUT2D eigenvalue weighted by molar-refractivity contribution is 5.91. The van der Waals surface area contributed by atoms with Gasteiger partial charge >= 0.3 is 5.97 Å². The number of hydrogen-bond donors (Lipinski definition) is 1. The number of ether oxygens (including phenoxy) is 1.